The van der Waals surface area contributed by atoms with Crippen LogP contribution in [0.2, 0.25) is 0 Å². The van der Waals surface area contributed by atoms with Gasteiger partial charge < -0.3 is 10.0 Å². The number of carboxylic acids is 1. The van der Waals surface area contributed by atoms with Gasteiger partial charge in [0.15, 0.2) is 5.13 Å². The van der Waals surface area contributed by atoms with Crippen molar-refractivity contribution in [3.05, 3.63) is 11.1 Å². The Morgan fingerprint density at radius 2 is 2.20 bits per heavy atom. The summed E-state index contributed by atoms with van der Waals surface area (Å²) in [5, 5.41) is 14.4. The molecule has 3 rings (SSSR count). The Morgan fingerprint density at radius 1 is 1.45 bits per heavy atom. The monoisotopic (exact) mass is 295 g/mol. The van der Waals surface area contributed by atoms with E-state index in [4.69, 9.17) is 5.11 Å². The summed E-state index contributed by atoms with van der Waals surface area (Å²) in [7, 11) is 0. The fraction of sp³-hybridized carbons (Fsp3) is 0.615. The second kappa shape index (κ2) is 5.05. The highest BCUT2D eigenvalue weighted by Crippen LogP contribution is 2.41. The van der Waals surface area contributed by atoms with Crippen LogP contribution in [0.5, 0.6) is 0 Å². The molecular formula is C13H17N3O3S. The lowest BCUT2D eigenvalue weighted by atomic mass is 10.0. The number of hydrogen-bond acceptors (Lipinski definition) is 4. The summed E-state index contributed by atoms with van der Waals surface area (Å²) in [6, 6.07) is -0.534. The number of carbonyl (C=O) groups is 2. The second-order valence-electron chi connectivity index (χ2n) is 5.45. The topological polar surface area (TPSA) is 82.5 Å². The molecule has 0 aromatic carbocycles. The number of likely N-dealkylation sites (tertiary alicyclic amines) is 1. The van der Waals surface area contributed by atoms with E-state index < -0.39 is 11.9 Å². The number of carbonyl (C=O) groups excluding carboxylic acids is 1. The van der Waals surface area contributed by atoms with Gasteiger partial charge in [-0.15, -0.1) is 11.3 Å². The van der Waals surface area contributed by atoms with E-state index in [1.807, 2.05) is 5.38 Å². The van der Waals surface area contributed by atoms with Gasteiger partial charge in [0.1, 0.15) is 0 Å². The molecule has 1 saturated heterocycles. The van der Waals surface area contributed by atoms with E-state index in [2.05, 4.69) is 10.3 Å². The summed E-state index contributed by atoms with van der Waals surface area (Å²) in [5.74, 6) is -0.740. The number of rotatable bonds is 3. The van der Waals surface area contributed by atoms with E-state index in [0.29, 0.717) is 24.0 Å². The molecule has 2 unspecified atom stereocenters. The Labute approximate surface area is 120 Å². The predicted octanol–water partition coefficient (Wildman–Crippen LogP) is 2.35. The largest absolute Gasteiger partial charge is 0.481 e. The lowest BCUT2D eigenvalue weighted by molar-refractivity contribution is -0.142. The lowest BCUT2D eigenvalue weighted by Crippen LogP contribution is -2.40. The number of nitrogens with one attached hydrogen (secondary N) is 1. The van der Waals surface area contributed by atoms with E-state index in [0.717, 1.165) is 5.69 Å². The molecule has 6 nitrogen and oxygen atoms in total. The number of carboxylic acid groups (broad SMARTS) is 1. The van der Waals surface area contributed by atoms with Crippen molar-refractivity contribution in [1.82, 2.24) is 9.88 Å². The first-order chi connectivity index (χ1) is 9.56. The average molecular weight is 295 g/mol. The molecular weight excluding hydrogens is 278 g/mol. The maximum Gasteiger partial charge on any atom is 0.323 e. The summed E-state index contributed by atoms with van der Waals surface area (Å²) in [6.07, 6.45) is 2.87. The first-order valence-electron chi connectivity index (χ1n) is 6.82. The smallest absolute Gasteiger partial charge is 0.323 e. The number of anilines is 1. The molecule has 1 aromatic heterocycles. The maximum atomic E-state index is 12.2. The van der Waals surface area contributed by atoms with Crippen LogP contribution in [-0.2, 0) is 4.79 Å². The molecule has 2 heterocycles. The van der Waals surface area contributed by atoms with Crippen molar-refractivity contribution in [2.24, 2.45) is 5.92 Å². The highest BCUT2D eigenvalue weighted by atomic mass is 32.1. The molecule has 2 atom stereocenters. The molecule has 2 fully saturated rings. The van der Waals surface area contributed by atoms with Crippen molar-refractivity contribution in [3.63, 3.8) is 0 Å². The van der Waals surface area contributed by atoms with Crippen LogP contribution in [0.3, 0.4) is 0 Å². The maximum absolute atomic E-state index is 12.2. The molecule has 0 bridgehead atoms. The van der Waals surface area contributed by atoms with Gasteiger partial charge in [-0.05, 0) is 26.2 Å². The van der Waals surface area contributed by atoms with Crippen LogP contribution in [0.1, 0.15) is 37.8 Å². The van der Waals surface area contributed by atoms with E-state index >= 15 is 0 Å². The molecule has 2 aliphatic rings. The highest BCUT2D eigenvalue weighted by molar-refractivity contribution is 7.13. The second-order valence-corrected chi connectivity index (χ2v) is 6.31. The van der Waals surface area contributed by atoms with Crippen molar-refractivity contribution >= 4 is 28.5 Å². The zero-order valence-electron chi connectivity index (χ0n) is 11.2. The summed E-state index contributed by atoms with van der Waals surface area (Å²) in [5.41, 5.74) is 1.06. The van der Waals surface area contributed by atoms with Crippen LogP contribution >= 0.6 is 11.3 Å². The predicted molar refractivity (Wildman–Crippen MR) is 75.0 cm³/mol. The molecule has 1 aliphatic heterocycles. The fourth-order valence-electron chi connectivity index (χ4n) is 2.63. The number of urea groups is 1. The van der Waals surface area contributed by atoms with Gasteiger partial charge in [-0.3, -0.25) is 10.1 Å². The van der Waals surface area contributed by atoms with Crippen molar-refractivity contribution < 1.29 is 14.7 Å². The Morgan fingerprint density at radius 3 is 2.80 bits per heavy atom. The van der Waals surface area contributed by atoms with Crippen LogP contribution in [0, 0.1) is 5.92 Å². The Kier molecular flexibility index (Phi) is 3.37. The highest BCUT2D eigenvalue weighted by Gasteiger charge is 2.38. The average Bonchev–Trinajstić information content (AvgIpc) is 3.02. The van der Waals surface area contributed by atoms with Crippen molar-refractivity contribution in [3.8, 4) is 0 Å². The SMILES string of the molecule is CC1C(C(=O)O)CCN1C(=O)Nc1nc(C2CC2)cs1. The number of amides is 2. The molecule has 7 heteroatoms. The zero-order chi connectivity index (χ0) is 14.3. The fourth-order valence-corrected chi connectivity index (χ4v) is 3.41. The van der Waals surface area contributed by atoms with E-state index in [9.17, 15) is 9.59 Å². The lowest BCUT2D eigenvalue weighted by Gasteiger charge is -2.22. The normalized spacial score (nSPS) is 25.8. The van der Waals surface area contributed by atoms with E-state index in [1.165, 1.54) is 24.2 Å². The van der Waals surface area contributed by atoms with Gasteiger partial charge in [-0.1, -0.05) is 0 Å². The van der Waals surface area contributed by atoms with Crippen LogP contribution < -0.4 is 5.32 Å². The van der Waals surface area contributed by atoms with Crippen molar-refractivity contribution in [2.45, 2.75) is 38.1 Å². The summed E-state index contributed by atoms with van der Waals surface area (Å²) >= 11 is 1.43. The molecule has 1 aliphatic carbocycles. The van der Waals surface area contributed by atoms with Gasteiger partial charge >= 0.3 is 12.0 Å². The molecule has 2 amide bonds. The zero-order valence-corrected chi connectivity index (χ0v) is 12.0. The first-order valence-corrected chi connectivity index (χ1v) is 7.70. The summed E-state index contributed by atoms with van der Waals surface area (Å²) in [4.78, 5) is 29.2. The summed E-state index contributed by atoms with van der Waals surface area (Å²) in [6.45, 7) is 2.26. The van der Waals surface area contributed by atoms with Crippen LogP contribution in [0.25, 0.3) is 0 Å². The number of thiazole rings is 1. The number of aromatic nitrogens is 1. The molecule has 0 radical (unpaired) electrons. The summed E-state index contributed by atoms with van der Waals surface area (Å²) < 4.78 is 0. The minimum Gasteiger partial charge on any atom is -0.481 e. The first kappa shape index (κ1) is 13.4. The van der Waals surface area contributed by atoms with Crippen molar-refractivity contribution in [1.29, 1.82) is 0 Å². The third kappa shape index (κ3) is 2.49. The standard InChI is InChI=1S/C13H17N3O3S/c1-7-9(11(17)18)4-5-16(7)13(19)15-12-14-10(6-20-12)8-2-3-8/h6-9H,2-5H2,1H3,(H,17,18)(H,14,15,19). The van der Waals surface area contributed by atoms with Crippen LogP contribution in [-0.4, -0.2) is 39.6 Å². The van der Waals surface area contributed by atoms with Gasteiger partial charge in [-0.2, -0.15) is 0 Å². The number of aliphatic carboxylic acids is 1. The third-order valence-corrected chi connectivity index (χ3v) is 4.84. The third-order valence-electron chi connectivity index (χ3n) is 4.06. The van der Waals surface area contributed by atoms with E-state index in [1.54, 1.807) is 11.8 Å². The molecule has 1 saturated carbocycles. The molecule has 20 heavy (non-hydrogen) atoms. The van der Waals surface area contributed by atoms with Crippen LogP contribution in [0.15, 0.2) is 5.38 Å². The Hall–Kier alpha value is -1.63. The quantitative estimate of drug-likeness (QED) is 0.896. The molecule has 108 valence electrons. The minimum absolute atomic E-state index is 0.252. The van der Waals surface area contributed by atoms with Gasteiger partial charge in [0.05, 0.1) is 11.6 Å². The van der Waals surface area contributed by atoms with E-state index in [-0.39, 0.29) is 12.1 Å². The Bertz CT molecular complexity index is 541. The number of hydrogen-bond donors (Lipinski definition) is 2. The molecule has 1 aromatic rings. The molecule has 0 spiro atoms. The van der Waals surface area contributed by atoms with Gasteiger partial charge in [-0.25, -0.2) is 9.78 Å². The van der Waals surface area contributed by atoms with Gasteiger partial charge in [0.2, 0.25) is 0 Å². The van der Waals surface area contributed by atoms with Crippen LogP contribution in [0.4, 0.5) is 9.93 Å². The minimum atomic E-state index is -0.835. The molecule has 2 N–H and O–H groups in total. The Balaban J connectivity index is 1.62. The van der Waals surface area contributed by atoms with Gasteiger partial charge in [0, 0.05) is 23.9 Å². The number of nitrogens with zero attached hydrogens (tertiary/aromatic N) is 2. The van der Waals surface area contributed by atoms with Gasteiger partial charge in [0.25, 0.3) is 0 Å². The van der Waals surface area contributed by atoms with Crippen molar-refractivity contribution in [2.75, 3.05) is 11.9 Å².